The highest BCUT2D eigenvalue weighted by Crippen LogP contribution is 2.20. The molecule has 0 aliphatic rings. The van der Waals surface area contributed by atoms with E-state index in [1.54, 1.807) is 0 Å². The summed E-state index contributed by atoms with van der Waals surface area (Å²) in [6, 6.07) is 3.65. The lowest BCUT2D eigenvalue weighted by atomic mass is 10.2. The van der Waals surface area contributed by atoms with Gasteiger partial charge >= 0.3 is 12.0 Å². The lowest BCUT2D eigenvalue weighted by Gasteiger charge is -2.07. The molecule has 0 unspecified atom stereocenters. The zero-order valence-corrected chi connectivity index (χ0v) is 8.63. The van der Waals surface area contributed by atoms with Crippen molar-refractivity contribution in [2.45, 2.75) is 0 Å². The van der Waals surface area contributed by atoms with Crippen molar-refractivity contribution in [1.82, 2.24) is 5.32 Å². The number of hydrogen-bond acceptors (Lipinski definition) is 2. The maximum absolute atomic E-state index is 11.0. The first kappa shape index (κ1) is 11.3. The third-order valence-electron chi connectivity index (χ3n) is 1.69. The summed E-state index contributed by atoms with van der Waals surface area (Å²) in [5.41, 5.74) is 0.150. The van der Waals surface area contributed by atoms with Gasteiger partial charge in [-0.1, -0.05) is 11.6 Å². The summed E-state index contributed by atoms with van der Waals surface area (Å²) in [6.45, 7) is 0. The molecule has 1 aromatic carbocycles. The lowest BCUT2D eigenvalue weighted by molar-refractivity contribution is 0.0698. The predicted octanol–water partition coefficient (Wildman–Crippen LogP) is 1.79. The largest absolute Gasteiger partial charge is 0.478 e. The number of carbonyl (C=O) groups excluding carboxylic acids is 1. The predicted molar refractivity (Wildman–Crippen MR) is 56.5 cm³/mol. The molecule has 0 saturated heterocycles. The van der Waals surface area contributed by atoms with Gasteiger partial charge in [-0.2, -0.15) is 0 Å². The van der Waals surface area contributed by atoms with Crippen LogP contribution in [0.15, 0.2) is 18.2 Å². The summed E-state index contributed by atoms with van der Waals surface area (Å²) in [7, 11) is 1.43. The molecule has 0 aliphatic heterocycles. The minimum atomic E-state index is -1.13. The molecule has 1 rings (SSSR count). The number of aromatic carboxylic acids is 1. The van der Waals surface area contributed by atoms with Crippen LogP contribution in [0.1, 0.15) is 10.4 Å². The van der Waals surface area contributed by atoms with Crippen LogP contribution in [0.4, 0.5) is 10.5 Å². The molecular formula is C9H9ClN2O3. The zero-order valence-electron chi connectivity index (χ0n) is 7.87. The number of rotatable bonds is 2. The minimum Gasteiger partial charge on any atom is -0.478 e. The van der Waals surface area contributed by atoms with Crippen LogP contribution >= 0.6 is 11.6 Å². The van der Waals surface area contributed by atoms with Gasteiger partial charge in [0.15, 0.2) is 0 Å². The van der Waals surface area contributed by atoms with Gasteiger partial charge in [0, 0.05) is 12.1 Å². The number of benzene rings is 1. The molecule has 0 aliphatic carbocycles. The van der Waals surface area contributed by atoms with Crippen LogP contribution in [-0.4, -0.2) is 24.2 Å². The van der Waals surface area contributed by atoms with Crippen molar-refractivity contribution < 1.29 is 14.7 Å². The van der Waals surface area contributed by atoms with E-state index in [0.717, 1.165) is 0 Å². The Bertz CT molecular complexity index is 406. The molecule has 0 radical (unpaired) electrons. The van der Waals surface area contributed by atoms with Gasteiger partial charge in [0.25, 0.3) is 0 Å². The van der Waals surface area contributed by atoms with Crippen molar-refractivity contribution in [1.29, 1.82) is 0 Å². The molecule has 0 heterocycles. The van der Waals surface area contributed by atoms with E-state index in [2.05, 4.69) is 10.6 Å². The summed E-state index contributed by atoms with van der Waals surface area (Å²) in [6.07, 6.45) is 0. The first-order valence-electron chi connectivity index (χ1n) is 4.06. The van der Waals surface area contributed by atoms with E-state index in [0.29, 0.717) is 5.02 Å². The van der Waals surface area contributed by atoms with Crippen molar-refractivity contribution in [3.05, 3.63) is 28.8 Å². The van der Waals surface area contributed by atoms with Gasteiger partial charge in [-0.3, -0.25) is 0 Å². The average molecular weight is 229 g/mol. The number of amides is 2. The molecule has 0 atom stereocenters. The van der Waals surface area contributed by atoms with Crippen LogP contribution < -0.4 is 10.6 Å². The first-order chi connectivity index (χ1) is 7.04. The minimum absolute atomic E-state index is 0.0111. The molecule has 15 heavy (non-hydrogen) atoms. The SMILES string of the molecule is CNC(=O)Nc1cc(Cl)ccc1C(=O)O. The smallest absolute Gasteiger partial charge is 0.337 e. The van der Waals surface area contributed by atoms with Crippen LogP contribution in [0.3, 0.4) is 0 Å². The van der Waals surface area contributed by atoms with Crippen molar-refractivity contribution in [2.75, 3.05) is 12.4 Å². The Labute approximate surface area is 91.0 Å². The average Bonchev–Trinajstić information content (AvgIpc) is 2.17. The van der Waals surface area contributed by atoms with Gasteiger partial charge < -0.3 is 15.7 Å². The molecule has 5 nitrogen and oxygen atoms in total. The highest BCUT2D eigenvalue weighted by atomic mass is 35.5. The molecule has 3 N–H and O–H groups in total. The fourth-order valence-corrected chi connectivity index (χ4v) is 1.16. The summed E-state index contributed by atoms with van der Waals surface area (Å²) in [4.78, 5) is 21.8. The number of halogens is 1. The molecule has 2 amide bonds. The molecule has 0 fully saturated rings. The first-order valence-corrected chi connectivity index (χ1v) is 4.44. The Morgan fingerprint density at radius 1 is 1.40 bits per heavy atom. The van der Waals surface area contributed by atoms with E-state index in [9.17, 15) is 9.59 Å². The number of carbonyl (C=O) groups is 2. The summed E-state index contributed by atoms with van der Waals surface area (Å²) >= 11 is 5.68. The lowest BCUT2D eigenvalue weighted by Crippen LogP contribution is -2.25. The van der Waals surface area contributed by atoms with Crippen LogP contribution in [-0.2, 0) is 0 Å². The van der Waals surface area contributed by atoms with Gasteiger partial charge in [-0.25, -0.2) is 9.59 Å². The van der Waals surface area contributed by atoms with Crippen LogP contribution in [0, 0.1) is 0 Å². The zero-order chi connectivity index (χ0) is 11.4. The van der Waals surface area contributed by atoms with Gasteiger partial charge in [-0.15, -0.1) is 0 Å². The highest BCUT2D eigenvalue weighted by Gasteiger charge is 2.11. The number of hydrogen-bond donors (Lipinski definition) is 3. The Morgan fingerprint density at radius 3 is 2.60 bits per heavy atom. The summed E-state index contributed by atoms with van der Waals surface area (Å²) in [5, 5.41) is 13.9. The Kier molecular flexibility index (Phi) is 3.51. The maximum Gasteiger partial charge on any atom is 0.337 e. The van der Waals surface area contributed by atoms with E-state index < -0.39 is 12.0 Å². The summed E-state index contributed by atoms with van der Waals surface area (Å²) < 4.78 is 0. The number of anilines is 1. The molecule has 80 valence electrons. The summed E-state index contributed by atoms with van der Waals surface area (Å²) in [5.74, 6) is -1.13. The number of nitrogens with one attached hydrogen (secondary N) is 2. The van der Waals surface area contributed by atoms with Crippen molar-refractivity contribution in [3.8, 4) is 0 Å². The van der Waals surface area contributed by atoms with E-state index in [-0.39, 0.29) is 11.3 Å². The molecule has 1 aromatic rings. The van der Waals surface area contributed by atoms with E-state index in [1.165, 1.54) is 25.2 Å². The maximum atomic E-state index is 11.0. The fraction of sp³-hybridized carbons (Fsp3) is 0.111. The fourth-order valence-electron chi connectivity index (χ4n) is 0.991. The number of carboxylic acids is 1. The molecule has 6 heteroatoms. The van der Waals surface area contributed by atoms with Crippen LogP contribution in [0.25, 0.3) is 0 Å². The number of urea groups is 1. The Morgan fingerprint density at radius 2 is 2.07 bits per heavy atom. The van der Waals surface area contributed by atoms with E-state index in [4.69, 9.17) is 16.7 Å². The monoisotopic (exact) mass is 228 g/mol. The van der Waals surface area contributed by atoms with Crippen molar-refractivity contribution >= 4 is 29.3 Å². The van der Waals surface area contributed by atoms with E-state index in [1.807, 2.05) is 0 Å². The van der Waals surface area contributed by atoms with Gasteiger partial charge in [0.2, 0.25) is 0 Å². The molecule has 0 saturated carbocycles. The highest BCUT2D eigenvalue weighted by molar-refractivity contribution is 6.31. The van der Waals surface area contributed by atoms with Gasteiger partial charge in [0.1, 0.15) is 0 Å². The van der Waals surface area contributed by atoms with Crippen LogP contribution in [0.5, 0.6) is 0 Å². The second kappa shape index (κ2) is 4.65. The van der Waals surface area contributed by atoms with Gasteiger partial charge in [0.05, 0.1) is 11.3 Å². The van der Waals surface area contributed by atoms with Crippen molar-refractivity contribution in [2.24, 2.45) is 0 Å². The topological polar surface area (TPSA) is 78.4 Å². The molecule has 0 spiro atoms. The van der Waals surface area contributed by atoms with Crippen LogP contribution in [0.2, 0.25) is 5.02 Å². The Balaban J connectivity index is 3.07. The normalized spacial score (nSPS) is 9.47. The second-order valence-corrected chi connectivity index (χ2v) is 3.14. The third kappa shape index (κ3) is 2.85. The molecule has 0 aromatic heterocycles. The molecular weight excluding hydrogens is 220 g/mol. The van der Waals surface area contributed by atoms with E-state index >= 15 is 0 Å². The number of carboxylic acid groups (broad SMARTS) is 1. The van der Waals surface area contributed by atoms with Gasteiger partial charge in [-0.05, 0) is 18.2 Å². The quantitative estimate of drug-likeness (QED) is 0.722. The molecule has 0 bridgehead atoms. The third-order valence-corrected chi connectivity index (χ3v) is 1.92. The standard InChI is InChI=1S/C9H9ClN2O3/c1-11-9(15)12-7-4-5(10)2-3-6(7)8(13)14/h2-4H,1H3,(H,13,14)(H2,11,12,15). The second-order valence-electron chi connectivity index (χ2n) is 2.70. The van der Waals surface area contributed by atoms with Crippen molar-refractivity contribution in [3.63, 3.8) is 0 Å². The Hall–Kier alpha value is -1.75.